The van der Waals surface area contributed by atoms with Gasteiger partial charge in [-0.25, -0.2) is 8.78 Å². The minimum atomic E-state index is -0.928. The number of nitrogens with one attached hydrogen (secondary N) is 1. The number of ether oxygens (including phenoxy) is 1. The average Bonchev–Trinajstić information content (AvgIpc) is 2.54. The van der Waals surface area contributed by atoms with Crippen LogP contribution in [0.2, 0.25) is 0 Å². The van der Waals surface area contributed by atoms with Gasteiger partial charge in [-0.05, 0) is 30.3 Å². The molecule has 2 N–H and O–H groups in total. The van der Waals surface area contributed by atoms with Crippen molar-refractivity contribution in [2.45, 2.75) is 6.61 Å². The first-order valence-corrected chi connectivity index (χ1v) is 6.66. The number of hydrogen-bond donors (Lipinski definition) is 2. The van der Waals surface area contributed by atoms with Gasteiger partial charge in [-0.3, -0.25) is 4.79 Å². The summed E-state index contributed by atoms with van der Waals surface area (Å²) in [6.07, 6.45) is 0. The van der Waals surface area contributed by atoms with Crippen molar-refractivity contribution in [3.63, 3.8) is 0 Å². The van der Waals surface area contributed by atoms with Gasteiger partial charge in [0.15, 0.2) is 11.6 Å². The smallest absolute Gasteiger partial charge is 0.251 e. The highest BCUT2D eigenvalue weighted by atomic mass is 19.2. The summed E-state index contributed by atoms with van der Waals surface area (Å²) < 4.78 is 31.9. The SMILES string of the molecule is O=C(NCCO)c1ccc(OCc2cccc(F)c2F)cc1. The summed E-state index contributed by atoms with van der Waals surface area (Å²) in [6.45, 7) is -0.0677. The first-order chi connectivity index (χ1) is 10.6. The van der Waals surface area contributed by atoms with Crippen LogP contribution in [0.15, 0.2) is 42.5 Å². The van der Waals surface area contributed by atoms with Gasteiger partial charge in [-0.1, -0.05) is 12.1 Å². The number of aliphatic hydroxyl groups is 1. The second-order valence-electron chi connectivity index (χ2n) is 4.51. The number of hydrogen-bond acceptors (Lipinski definition) is 3. The van der Waals surface area contributed by atoms with Gasteiger partial charge in [0.2, 0.25) is 0 Å². The molecule has 22 heavy (non-hydrogen) atoms. The molecule has 2 aromatic rings. The Balaban J connectivity index is 1.97. The number of aliphatic hydroxyl groups excluding tert-OH is 1. The first kappa shape index (κ1) is 15.9. The number of amides is 1. The number of rotatable bonds is 6. The normalized spacial score (nSPS) is 10.3. The molecule has 116 valence electrons. The molecule has 2 rings (SSSR count). The van der Waals surface area contributed by atoms with Crippen molar-refractivity contribution < 1.29 is 23.4 Å². The van der Waals surface area contributed by atoms with Gasteiger partial charge >= 0.3 is 0 Å². The van der Waals surface area contributed by atoms with E-state index in [1.165, 1.54) is 12.1 Å². The number of carbonyl (C=O) groups is 1. The van der Waals surface area contributed by atoms with Gasteiger partial charge in [0, 0.05) is 17.7 Å². The van der Waals surface area contributed by atoms with E-state index >= 15 is 0 Å². The van der Waals surface area contributed by atoms with Gasteiger partial charge in [0.25, 0.3) is 5.91 Å². The lowest BCUT2D eigenvalue weighted by Crippen LogP contribution is -2.26. The molecule has 0 radical (unpaired) electrons. The highest BCUT2D eigenvalue weighted by molar-refractivity contribution is 5.94. The van der Waals surface area contributed by atoms with Crippen molar-refractivity contribution in [1.29, 1.82) is 0 Å². The summed E-state index contributed by atoms with van der Waals surface area (Å²) >= 11 is 0. The van der Waals surface area contributed by atoms with E-state index < -0.39 is 11.6 Å². The van der Waals surface area contributed by atoms with Crippen LogP contribution < -0.4 is 10.1 Å². The fourth-order valence-corrected chi connectivity index (χ4v) is 1.80. The lowest BCUT2D eigenvalue weighted by atomic mass is 10.2. The Morgan fingerprint density at radius 3 is 2.55 bits per heavy atom. The van der Waals surface area contributed by atoms with Crippen molar-refractivity contribution in [1.82, 2.24) is 5.32 Å². The van der Waals surface area contributed by atoms with Gasteiger partial charge in [-0.15, -0.1) is 0 Å². The second kappa shape index (κ2) is 7.51. The van der Waals surface area contributed by atoms with E-state index in [-0.39, 0.29) is 31.2 Å². The van der Waals surface area contributed by atoms with Crippen LogP contribution in [0, 0.1) is 11.6 Å². The molecule has 0 heterocycles. The Morgan fingerprint density at radius 2 is 1.86 bits per heavy atom. The first-order valence-electron chi connectivity index (χ1n) is 6.66. The largest absolute Gasteiger partial charge is 0.489 e. The van der Waals surface area contributed by atoms with Crippen molar-refractivity contribution in [2.24, 2.45) is 0 Å². The third-order valence-electron chi connectivity index (χ3n) is 2.94. The molecule has 0 fully saturated rings. The summed E-state index contributed by atoms with van der Waals surface area (Å²) in [7, 11) is 0. The van der Waals surface area contributed by atoms with Crippen LogP contribution in [0.3, 0.4) is 0 Å². The highest BCUT2D eigenvalue weighted by Crippen LogP contribution is 2.17. The molecule has 0 atom stereocenters. The molecule has 0 saturated carbocycles. The van der Waals surface area contributed by atoms with Crippen LogP contribution >= 0.6 is 0 Å². The fraction of sp³-hybridized carbons (Fsp3) is 0.188. The predicted molar refractivity (Wildman–Crippen MR) is 76.6 cm³/mol. The lowest BCUT2D eigenvalue weighted by Gasteiger charge is -2.08. The quantitative estimate of drug-likeness (QED) is 0.860. The van der Waals surface area contributed by atoms with Crippen molar-refractivity contribution in [3.05, 3.63) is 65.2 Å². The Kier molecular flexibility index (Phi) is 5.43. The van der Waals surface area contributed by atoms with Crippen molar-refractivity contribution in [3.8, 4) is 5.75 Å². The van der Waals surface area contributed by atoms with E-state index in [1.54, 1.807) is 24.3 Å². The molecule has 0 bridgehead atoms. The standard InChI is InChI=1S/C16H15F2NO3/c17-14-3-1-2-12(15(14)18)10-22-13-6-4-11(5-7-13)16(21)19-8-9-20/h1-7,20H,8-10H2,(H,19,21). The third kappa shape index (κ3) is 4.02. The minimum absolute atomic E-state index is 0.111. The van der Waals surface area contributed by atoms with E-state index in [4.69, 9.17) is 9.84 Å². The monoisotopic (exact) mass is 307 g/mol. The molecule has 4 nitrogen and oxygen atoms in total. The minimum Gasteiger partial charge on any atom is -0.489 e. The summed E-state index contributed by atoms with van der Waals surface area (Å²) in [4.78, 5) is 11.6. The van der Waals surface area contributed by atoms with E-state index in [0.717, 1.165) is 6.07 Å². The molecule has 0 aliphatic carbocycles. The second-order valence-corrected chi connectivity index (χ2v) is 4.51. The summed E-state index contributed by atoms with van der Waals surface area (Å²) in [5.41, 5.74) is 0.530. The van der Waals surface area contributed by atoms with Crippen LogP contribution in [0.25, 0.3) is 0 Å². The lowest BCUT2D eigenvalue weighted by molar-refractivity contribution is 0.0944. The Morgan fingerprint density at radius 1 is 1.14 bits per heavy atom. The third-order valence-corrected chi connectivity index (χ3v) is 2.94. The van der Waals surface area contributed by atoms with Crippen LogP contribution in [0.4, 0.5) is 8.78 Å². The topological polar surface area (TPSA) is 58.6 Å². The molecule has 2 aromatic carbocycles. The average molecular weight is 307 g/mol. The molecule has 0 aliphatic heterocycles. The Labute approximate surface area is 126 Å². The molecule has 0 aliphatic rings. The zero-order valence-electron chi connectivity index (χ0n) is 11.7. The van der Waals surface area contributed by atoms with Gasteiger partial charge < -0.3 is 15.2 Å². The molecular weight excluding hydrogens is 292 g/mol. The predicted octanol–water partition coefficient (Wildman–Crippen LogP) is 2.27. The maximum Gasteiger partial charge on any atom is 0.251 e. The van der Waals surface area contributed by atoms with Crippen molar-refractivity contribution >= 4 is 5.91 Å². The van der Waals surface area contributed by atoms with E-state index in [1.807, 2.05) is 0 Å². The van der Waals surface area contributed by atoms with Gasteiger partial charge in [0.1, 0.15) is 12.4 Å². The zero-order valence-corrected chi connectivity index (χ0v) is 11.7. The molecular formula is C16H15F2NO3. The molecule has 6 heteroatoms. The molecule has 0 spiro atoms. The van der Waals surface area contributed by atoms with E-state index in [0.29, 0.717) is 11.3 Å². The maximum atomic E-state index is 13.5. The number of benzene rings is 2. The van der Waals surface area contributed by atoms with Crippen LogP contribution in [-0.4, -0.2) is 24.2 Å². The zero-order chi connectivity index (χ0) is 15.9. The van der Waals surface area contributed by atoms with E-state index in [2.05, 4.69) is 5.32 Å². The Bertz CT molecular complexity index is 644. The molecule has 1 amide bonds. The molecule has 0 saturated heterocycles. The molecule has 0 aromatic heterocycles. The molecule has 0 unspecified atom stereocenters. The summed E-state index contributed by atoms with van der Waals surface area (Å²) in [5.74, 6) is -1.72. The Hall–Kier alpha value is -2.47. The van der Waals surface area contributed by atoms with Crippen LogP contribution in [0.5, 0.6) is 5.75 Å². The van der Waals surface area contributed by atoms with Gasteiger partial charge in [0.05, 0.1) is 6.61 Å². The fourth-order valence-electron chi connectivity index (χ4n) is 1.80. The van der Waals surface area contributed by atoms with Crippen LogP contribution in [0.1, 0.15) is 15.9 Å². The number of halogens is 2. The van der Waals surface area contributed by atoms with E-state index in [9.17, 15) is 13.6 Å². The van der Waals surface area contributed by atoms with Crippen molar-refractivity contribution in [2.75, 3.05) is 13.2 Å². The highest BCUT2D eigenvalue weighted by Gasteiger charge is 2.09. The van der Waals surface area contributed by atoms with Gasteiger partial charge in [-0.2, -0.15) is 0 Å². The number of carbonyl (C=O) groups excluding carboxylic acids is 1. The van der Waals surface area contributed by atoms with Crippen LogP contribution in [-0.2, 0) is 6.61 Å². The summed E-state index contributed by atoms with van der Waals surface area (Å²) in [5, 5.41) is 11.2. The summed E-state index contributed by atoms with van der Waals surface area (Å²) in [6, 6.07) is 10.1. The maximum absolute atomic E-state index is 13.5.